The van der Waals surface area contributed by atoms with Crippen molar-refractivity contribution in [2.24, 2.45) is 0 Å². The minimum absolute atomic E-state index is 0.0465. The molecule has 0 amide bonds. The van der Waals surface area contributed by atoms with Gasteiger partial charge in [-0.25, -0.2) is 4.98 Å². The van der Waals surface area contributed by atoms with Crippen LogP contribution in [0.1, 0.15) is 12.2 Å². The summed E-state index contributed by atoms with van der Waals surface area (Å²) in [4.78, 5) is 16.8. The number of rotatable bonds is 4. The predicted molar refractivity (Wildman–Crippen MR) is 70.5 cm³/mol. The fraction of sp³-hybridized carbons (Fsp3) is 0.333. The van der Waals surface area contributed by atoms with Crippen LogP contribution < -0.4 is 4.90 Å². The van der Waals surface area contributed by atoms with Crippen LogP contribution in [0.4, 0.5) is 5.69 Å². The molecule has 0 bridgehead atoms. The zero-order valence-electron chi connectivity index (χ0n) is 10.2. The molecule has 0 radical (unpaired) electrons. The summed E-state index contributed by atoms with van der Waals surface area (Å²) in [6, 6.07) is 3.87. The van der Waals surface area contributed by atoms with Crippen LogP contribution in [0.25, 0.3) is 5.52 Å². The predicted octanol–water partition coefficient (Wildman–Crippen LogP) is 2.07. The number of aryl methyl sites for hydroxylation is 1. The van der Waals surface area contributed by atoms with Crippen LogP contribution in [0, 0.1) is 0 Å². The van der Waals surface area contributed by atoms with Crippen LogP contribution >= 0.6 is 11.6 Å². The van der Waals surface area contributed by atoms with Gasteiger partial charge in [-0.15, -0.1) is 0 Å². The summed E-state index contributed by atoms with van der Waals surface area (Å²) in [6.45, 7) is 0. The monoisotopic (exact) mass is 267 g/mol. The zero-order chi connectivity index (χ0) is 13.3. The highest BCUT2D eigenvalue weighted by Gasteiger charge is 2.11. The number of carbonyl (C=O) groups is 1. The average molecular weight is 268 g/mol. The molecule has 0 atom stereocenters. The lowest BCUT2D eigenvalue weighted by atomic mass is 10.3. The van der Waals surface area contributed by atoms with E-state index in [1.807, 2.05) is 41.7 Å². The van der Waals surface area contributed by atoms with E-state index in [0.29, 0.717) is 17.4 Å². The van der Waals surface area contributed by atoms with Crippen molar-refractivity contribution in [3.8, 4) is 0 Å². The molecule has 0 saturated heterocycles. The van der Waals surface area contributed by atoms with E-state index >= 15 is 0 Å². The maximum absolute atomic E-state index is 10.6. The Balaban J connectivity index is 2.42. The molecular formula is C12H14ClN3O2. The minimum Gasteiger partial charge on any atom is -0.481 e. The van der Waals surface area contributed by atoms with Crippen LogP contribution in [-0.4, -0.2) is 34.6 Å². The number of aliphatic carboxylic acids is 1. The molecule has 0 aromatic carbocycles. The quantitative estimate of drug-likeness (QED) is 0.921. The maximum Gasteiger partial charge on any atom is 0.303 e. The fourth-order valence-corrected chi connectivity index (χ4v) is 2.01. The highest BCUT2D eigenvalue weighted by atomic mass is 35.5. The highest BCUT2D eigenvalue weighted by molar-refractivity contribution is 6.32. The molecule has 0 unspecified atom stereocenters. The van der Waals surface area contributed by atoms with Gasteiger partial charge in [-0.1, -0.05) is 11.6 Å². The van der Waals surface area contributed by atoms with E-state index in [1.165, 1.54) is 0 Å². The Bertz CT molecular complexity index is 592. The summed E-state index contributed by atoms with van der Waals surface area (Å²) in [5, 5.41) is 9.10. The number of carboxylic acid groups (broad SMARTS) is 1. The van der Waals surface area contributed by atoms with Crippen molar-refractivity contribution in [3.05, 3.63) is 29.3 Å². The van der Waals surface area contributed by atoms with E-state index in [2.05, 4.69) is 4.98 Å². The van der Waals surface area contributed by atoms with Crippen molar-refractivity contribution >= 4 is 28.8 Å². The lowest BCUT2D eigenvalue weighted by molar-refractivity contribution is -0.137. The van der Waals surface area contributed by atoms with Gasteiger partial charge in [0.1, 0.15) is 5.82 Å². The Hall–Kier alpha value is -1.75. The van der Waals surface area contributed by atoms with E-state index in [4.69, 9.17) is 16.7 Å². The largest absolute Gasteiger partial charge is 0.481 e. The lowest BCUT2D eigenvalue weighted by Gasteiger charge is -2.12. The first-order valence-electron chi connectivity index (χ1n) is 5.54. The third kappa shape index (κ3) is 2.41. The first-order valence-corrected chi connectivity index (χ1v) is 5.92. The Morgan fingerprint density at radius 2 is 2.28 bits per heavy atom. The Morgan fingerprint density at radius 3 is 2.89 bits per heavy atom. The molecule has 0 aliphatic rings. The average Bonchev–Trinajstić information content (AvgIpc) is 2.63. The number of imidazole rings is 1. The van der Waals surface area contributed by atoms with Gasteiger partial charge in [-0.2, -0.15) is 0 Å². The number of fused-ring (bicyclic) bond motifs is 1. The molecule has 0 aliphatic carbocycles. The number of hydrogen-bond donors (Lipinski definition) is 1. The van der Waals surface area contributed by atoms with Crippen LogP contribution in [0.3, 0.4) is 0 Å². The molecule has 2 aromatic heterocycles. The van der Waals surface area contributed by atoms with Crippen molar-refractivity contribution in [3.63, 3.8) is 0 Å². The molecule has 6 heteroatoms. The van der Waals surface area contributed by atoms with Gasteiger partial charge in [0.2, 0.25) is 0 Å². The molecule has 2 aromatic rings. The summed E-state index contributed by atoms with van der Waals surface area (Å²) in [5.41, 5.74) is 1.82. The van der Waals surface area contributed by atoms with Gasteiger partial charge in [-0.3, -0.25) is 4.79 Å². The molecule has 96 valence electrons. The topological polar surface area (TPSA) is 57.8 Å². The normalized spacial score (nSPS) is 10.8. The maximum atomic E-state index is 10.6. The SMILES string of the molecule is CN(C)c1ccn2c(CCC(=O)O)nc(Cl)c2c1. The van der Waals surface area contributed by atoms with Crippen LogP contribution in [0.2, 0.25) is 5.15 Å². The van der Waals surface area contributed by atoms with E-state index in [9.17, 15) is 4.79 Å². The number of nitrogens with zero attached hydrogens (tertiary/aromatic N) is 3. The summed E-state index contributed by atoms with van der Waals surface area (Å²) >= 11 is 6.07. The lowest BCUT2D eigenvalue weighted by Crippen LogP contribution is -2.09. The number of aromatic nitrogens is 2. The van der Waals surface area contributed by atoms with E-state index in [0.717, 1.165) is 11.2 Å². The highest BCUT2D eigenvalue weighted by Crippen LogP contribution is 2.23. The van der Waals surface area contributed by atoms with Crippen molar-refractivity contribution in [1.29, 1.82) is 0 Å². The molecule has 0 fully saturated rings. The first-order chi connectivity index (χ1) is 8.49. The van der Waals surface area contributed by atoms with Gasteiger partial charge < -0.3 is 14.4 Å². The molecule has 2 heterocycles. The van der Waals surface area contributed by atoms with Gasteiger partial charge in [0.25, 0.3) is 0 Å². The van der Waals surface area contributed by atoms with E-state index in [-0.39, 0.29) is 6.42 Å². The van der Waals surface area contributed by atoms with Crippen LogP contribution in [0.15, 0.2) is 18.3 Å². The standard InChI is InChI=1S/C12H14ClN3O2/c1-15(2)8-5-6-16-9(7-8)12(13)14-10(16)3-4-11(17)18/h5-7H,3-4H2,1-2H3,(H,17,18). The number of pyridine rings is 1. The second kappa shape index (κ2) is 4.86. The molecule has 1 N–H and O–H groups in total. The Labute approximate surface area is 110 Å². The third-order valence-corrected chi connectivity index (χ3v) is 3.01. The summed E-state index contributed by atoms with van der Waals surface area (Å²) in [6.07, 6.45) is 2.27. The molecule has 0 spiro atoms. The molecule has 5 nitrogen and oxygen atoms in total. The second-order valence-corrected chi connectivity index (χ2v) is 4.61. The number of halogens is 1. The molecular weight excluding hydrogens is 254 g/mol. The fourth-order valence-electron chi connectivity index (χ4n) is 1.77. The van der Waals surface area contributed by atoms with Crippen molar-refractivity contribution in [2.45, 2.75) is 12.8 Å². The molecule has 18 heavy (non-hydrogen) atoms. The van der Waals surface area contributed by atoms with Gasteiger partial charge in [0.05, 0.1) is 11.9 Å². The number of anilines is 1. The van der Waals surface area contributed by atoms with Crippen molar-refractivity contribution < 1.29 is 9.90 Å². The van der Waals surface area contributed by atoms with Gasteiger partial charge in [-0.05, 0) is 12.1 Å². The third-order valence-electron chi connectivity index (χ3n) is 2.73. The van der Waals surface area contributed by atoms with Crippen LogP contribution in [-0.2, 0) is 11.2 Å². The van der Waals surface area contributed by atoms with E-state index < -0.39 is 5.97 Å². The van der Waals surface area contributed by atoms with Crippen molar-refractivity contribution in [2.75, 3.05) is 19.0 Å². The van der Waals surface area contributed by atoms with Gasteiger partial charge in [0.15, 0.2) is 5.15 Å². The minimum atomic E-state index is -0.840. The number of carboxylic acids is 1. The molecule has 2 rings (SSSR count). The van der Waals surface area contributed by atoms with Crippen LogP contribution in [0.5, 0.6) is 0 Å². The van der Waals surface area contributed by atoms with Gasteiger partial charge >= 0.3 is 5.97 Å². The van der Waals surface area contributed by atoms with Gasteiger partial charge in [0, 0.05) is 32.4 Å². The first kappa shape index (κ1) is 12.7. The summed E-state index contributed by atoms with van der Waals surface area (Å²) in [5.74, 6) is -0.171. The Morgan fingerprint density at radius 1 is 1.56 bits per heavy atom. The Kier molecular flexibility index (Phi) is 3.43. The smallest absolute Gasteiger partial charge is 0.303 e. The molecule has 0 saturated carbocycles. The number of hydrogen-bond acceptors (Lipinski definition) is 3. The van der Waals surface area contributed by atoms with Crippen molar-refractivity contribution in [1.82, 2.24) is 9.38 Å². The van der Waals surface area contributed by atoms with E-state index in [1.54, 1.807) is 0 Å². The molecule has 0 aliphatic heterocycles. The summed E-state index contributed by atoms with van der Waals surface area (Å²) < 4.78 is 1.83. The second-order valence-electron chi connectivity index (χ2n) is 4.25. The zero-order valence-corrected chi connectivity index (χ0v) is 11.0. The summed E-state index contributed by atoms with van der Waals surface area (Å²) in [7, 11) is 3.89.